The number of hydrogen-bond acceptors (Lipinski definition) is 4. The van der Waals surface area contributed by atoms with E-state index in [1.807, 2.05) is 42.6 Å². The van der Waals surface area contributed by atoms with Crippen LogP contribution in [-0.4, -0.2) is 27.0 Å². The molecule has 0 saturated carbocycles. The molecule has 1 aliphatic heterocycles. The van der Waals surface area contributed by atoms with E-state index in [-0.39, 0.29) is 18.2 Å². The van der Waals surface area contributed by atoms with Crippen LogP contribution in [0, 0.1) is 0 Å². The summed E-state index contributed by atoms with van der Waals surface area (Å²) >= 11 is 1.34. The van der Waals surface area contributed by atoms with Gasteiger partial charge < -0.3 is 4.98 Å². The van der Waals surface area contributed by atoms with Crippen LogP contribution in [0.3, 0.4) is 0 Å². The number of rotatable bonds is 3. The van der Waals surface area contributed by atoms with Crippen LogP contribution < -0.4 is 4.90 Å². The maximum atomic E-state index is 12.6. The Bertz CT molecular complexity index is 891. The lowest BCUT2D eigenvalue weighted by Crippen LogP contribution is -2.31. The number of hydrogen-bond donors (Lipinski definition) is 1. The minimum Gasteiger partial charge on any atom is -0.361 e. The number of pyridine rings is 1. The first kappa shape index (κ1) is 14.0. The average Bonchev–Trinajstić information content (AvgIpc) is 3.13. The molecule has 3 aromatic rings. The molecule has 1 unspecified atom stereocenters. The number of H-pyrrole nitrogens is 1. The molecule has 0 radical (unpaired) electrons. The maximum Gasteiger partial charge on any atom is 0.247 e. The Morgan fingerprint density at radius 2 is 2.09 bits per heavy atom. The van der Waals surface area contributed by atoms with Crippen LogP contribution in [0.15, 0.2) is 59.9 Å². The van der Waals surface area contributed by atoms with Gasteiger partial charge in [0.05, 0.1) is 16.0 Å². The summed E-state index contributed by atoms with van der Waals surface area (Å²) in [6, 6.07) is 13.0. The second-order valence-electron chi connectivity index (χ2n) is 5.30. The SMILES string of the molecule is O=C1CC(Sc2ccccn2)C(=O)N1c1ccc2cc[nH]c2c1. The third-order valence-corrected chi connectivity index (χ3v) is 4.94. The maximum absolute atomic E-state index is 12.6. The van der Waals surface area contributed by atoms with Crippen molar-refractivity contribution in [3.8, 4) is 0 Å². The van der Waals surface area contributed by atoms with E-state index in [0.29, 0.717) is 5.69 Å². The summed E-state index contributed by atoms with van der Waals surface area (Å²) in [5.74, 6) is -0.356. The lowest BCUT2D eigenvalue weighted by molar-refractivity contribution is -0.121. The Kier molecular flexibility index (Phi) is 3.38. The first-order valence-electron chi connectivity index (χ1n) is 7.24. The highest BCUT2D eigenvalue weighted by atomic mass is 32.2. The second-order valence-corrected chi connectivity index (χ2v) is 6.52. The van der Waals surface area contributed by atoms with Gasteiger partial charge in [-0.3, -0.25) is 9.59 Å². The van der Waals surface area contributed by atoms with Crippen molar-refractivity contribution < 1.29 is 9.59 Å². The Morgan fingerprint density at radius 3 is 2.91 bits per heavy atom. The van der Waals surface area contributed by atoms with Crippen molar-refractivity contribution in [3.63, 3.8) is 0 Å². The average molecular weight is 323 g/mol. The van der Waals surface area contributed by atoms with Crippen LogP contribution in [0.2, 0.25) is 0 Å². The number of carbonyl (C=O) groups excluding carboxylic acids is 2. The normalized spacial score (nSPS) is 18.1. The fourth-order valence-corrected chi connectivity index (χ4v) is 3.71. The quantitative estimate of drug-likeness (QED) is 0.753. The Hall–Kier alpha value is -2.60. The fraction of sp³-hybridized carbons (Fsp3) is 0.118. The van der Waals surface area contributed by atoms with Gasteiger partial charge in [0.2, 0.25) is 11.8 Å². The zero-order chi connectivity index (χ0) is 15.8. The molecule has 6 heteroatoms. The third kappa shape index (κ3) is 2.51. The Morgan fingerprint density at radius 1 is 1.17 bits per heavy atom. The van der Waals surface area contributed by atoms with Crippen molar-refractivity contribution in [3.05, 3.63) is 54.9 Å². The molecule has 1 saturated heterocycles. The number of carbonyl (C=O) groups is 2. The second kappa shape index (κ2) is 5.55. The predicted octanol–water partition coefficient (Wildman–Crippen LogP) is 2.99. The standard InChI is InChI=1S/C17H13N3O2S/c21-16-10-14(23-15-3-1-2-7-19-15)17(22)20(16)12-5-4-11-6-8-18-13(11)9-12/h1-9,14,18H,10H2. The van der Waals surface area contributed by atoms with Gasteiger partial charge in [0.25, 0.3) is 0 Å². The molecule has 1 aliphatic rings. The molecule has 2 aromatic heterocycles. The largest absolute Gasteiger partial charge is 0.361 e. The molecular weight excluding hydrogens is 310 g/mol. The third-order valence-electron chi connectivity index (χ3n) is 3.80. The summed E-state index contributed by atoms with van der Waals surface area (Å²) < 4.78 is 0. The van der Waals surface area contributed by atoms with E-state index >= 15 is 0 Å². The van der Waals surface area contributed by atoms with E-state index in [1.54, 1.807) is 12.3 Å². The molecule has 0 bridgehead atoms. The molecule has 3 heterocycles. The summed E-state index contributed by atoms with van der Waals surface area (Å²) in [7, 11) is 0. The number of nitrogens with one attached hydrogen (secondary N) is 1. The molecular formula is C17H13N3O2S. The van der Waals surface area contributed by atoms with Gasteiger partial charge in [-0.2, -0.15) is 0 Å². The molecule has 1 aromatic carbocycles. The highest BCUT2D eigenvalue weighted by Crippen LogP contribution is 2.33. The topological polar surface area (TPSA) is 66.1 Å². The number of amides is 2. The van der Waals surface area contributed by atoms with Gasteiger partial charge in [0.1, 0.15) is 0 Å². The van der Waals surface area contributed by atoms with E-state index in [2.05, 4.69) is 9.97 Å². The summed E-state index contributed by atoms with van der Waals surface area (Å²) in [6.45, 7) is 0. The van der Waals surface area contributed by atoms with E-state index in [9.17, 15) is 9.59 Å². The number of benzene rings is 1. The van der Waals surface area contributed by atoms with E-state index < -0.39 is 5.25 Å². The van der Waals surface area contributed by atoms with Gasteiger partial charge in [0.15, 0.2) is 0 Å². The van der Waals surface area contributed by atoms with Crippen molar-refractivity contribution in [2.45, 2.75) is 16.7 Å². The van der Waals surface area contributed by atoms with E-state index in [1.165, 1.54) is 16.7 Å². The molecule has 0 spiro atoms. The van der Waals surface area contributed by atoms with Crippen molar-refractivity contribution in [1.82, 2.24) is 9.97 Å². The summed E-state index contributed by atoms with van der Waals surface area (Å²) in [5, 5.41) is 1.38. The van der Waals surface area contributed by atoms with Crippen LogP contribution in [0.5, 0.6) is 0 Å². The number of nitrogens with zero attached hydrogens (tertiary/aromatic N) is 2. The Labute approximate surface area is 136 Å². The molecule has 1 fully saturated rings. The fourth-order valence-electron chi connectivity index (χ4n) is 2.70. The number of thioether (sulfide) groups is 1. The van der Waals surface area contributed by atoms with Crippen LogP contribution >= 0.6 is 11.8 Å². The minimum atomic E-state index is -0.420. The highest BCUT2D eigenvalue weighted by molar-refractivity contribution is 8.00. The van der Waals surface area contributed by atoms with Gasteiger partial charge in [0, 0.05) is 24.3 Å². The van der Waals surface area contributed by atoms with Crippen molar-refractivity contribution in [1.29, 1.82) is 0 Å². The predicted molar refractivity (Wildman–Crippen MR) is 89.3 cm³/mol. The monoisotopic (exact) mass is 323 g/mol. The molecule has 1 atom stereocenters. The van der Waals surface area contributed by atoms with E-state index in [4.69, 9.17) is 0 Å². The molecule has 0 aliphatic carbocycles. The van der Waals surface area contributed by atoms with Gasteiger partial charge >= 0.3 is 0 Å². The van der Waals surface area contributed by atoms with Gasteiger partial charge in [-0.15, -0.1) is 0 Å². The smallest absolute Gasteiger partial charge is 0.247 e. The zero-order valence-corrected chi connectivity index (χ0v) is 12.9. The van der Waals surface area contributed by atoms with Crippen LogP contribution in [0.1, 0.15) is 6.42 Å². The molecule has 23 heavy (non-hydrogen) atoms. The summed E-state index contributed by atoms with van der Waals surface area (Å²) in [4.78, 5) is 33.6. The van der Waals surface area contributed by atoms with Gasteiger partial charge in [-0.25, -0.2) is 9.88 Å². The summed E-state index contributed by atoms with van der Waals surface area (Å²) in [5.41, 5.74) is 1.52. The van der Waals surface area contributed by atoms with Crippen molar-refractivity contribution >= 4 is 40.2 Å². The lowest BCUT2D eigenvalue weighted by Gasteiger charge is -2.15. The van der Waals surface area contributed by atoms with Crippen LogP contribution in [0.4, 0.5) is 5.69 Å². The van der Waals surface area contributed by atoms with Gasteiger partial charge in [-0.05, 0) is 35.7 Å². The van der Waals surface area contributed by atoms with Crippen LogP contribution in [0.25, 0.3) is 10.9 Å². The number of aromatic nitrogens is 2. The summed E-state index contributed by atoms with van der Waals surface area (Å²) in [6.07, 6.45) is 3.71. The first-order chi connectivity index (χ1) is 11.2. The number of aromatic amines is 1. The zero-order valence-electron chi connectivity index (χ0n) is 12.1. The minimum absolute atomic E-state index is 0.172. The van der Waals surface area contributed by atoms with Crippen molar-refractivity contribution in [2.75, 3.05) is 4.90 Å². The number of imide groups is 1. The number of anilines is 1. The van der Waals surface area contributed by atoms with Gasteiger partial charge in [-0.1, -0.05) is 23.9 Å². The highest BCUT2D eigenvalue weighted by Gasteiger charge is 2.40. The van der Waals surface area contributed by atoms with E-state index in [0.717, 1.165) is 15.9 Å². The van der Waals surface area contributed by atoms with Crippen LogP contribution in [-0.2, 0) is 9.59 Å². The lowest BCUT2D eigenvalue weighted by atomic mass is 10.2. The molecule has 2 amide bonds. The molecule has 4 rings (SSSR count). The number of fused-ring (bicyclic) bond motifs is 1. The first-order valence-corrected chi connectivity index (χ1v) is 8.12. The molecule has 5 nitrogen and oxygen atoms in total. The van der Waals surface area contributed by atoms with Crippen molar-refractivity contribution in [2.24, 2.45) is 0 Å². The Balaban J connectivity index is 1.62. The molecule has 114 valence electrons. The molecule has 1 N–H and O–H groups in total.